The zero-order chi connectivity index (χ0) is 20.3. The number of methoxy groups -OCH3 is 2. The van der Waals surface area contributed by atoms with Crippen molar-refractivity contribution in [2.24, 2.45) is 0 Å². The summed E-state index contributed by atoms with van der Waals surface area (Å²) in [6.45, 7) is 4.56. The van der Waals surface area contributed by atoms with Crippen LogP contribution in [0.4, 0.5) is 4.39 Å². The molecule has 2 aromatic carbocycles. The van der Waals surface area contributed by atoms with Gasteiger partial charge in [-0.2, -0.15) is 5.10 Å². The van der Waals surface area contributed by atoms with Gasteiger partial charge in [-0.25, -0.2) is 9.07 Å². The highest BCUT2D eigenvalue weighted by atomic mass is 35.5. The smallest absolute Gasteiger partial charge is 0.162 e. The summed E-state index contributed by atoms with van der Waals surface area (Å²) >= 11 is 6.37. The molecule has 0 aliphatic heterocycles. The van der Waals surface area contributed by atoms with Crippen molar-refractivity contribution in [3.05, 3.63) is 70.3 Å². The first-order valence-corrected chi connectivity index (χ1v) is 9.26. The first-order chi connectivity index (χ1) is 13.4. The second kappa shape index (κ2) is 8.63. The Morgan fingerprint density at radius 2 is 1.89 bits per heavy atom. The summed E-state index contributed by atoms with van der Waals surface area (Å²) < 4.78 is 25.9. The molecule has 3 rings (SSSR count). The third-order valence-corrected chi connectivity index (χ3v) is 5.07. The van der Waals surface area contributed by atoms with Gasteiger partial charge in [0.15, 0.2) is 11.5 Å². The average molecular weight is 404 g/mol. The Balaban J connectivity index is 1.77. The average Bonchev–Trinajstić information content (AvgIpc) is 3.08. The lowest BCUT2D eigenvalue weighted by molar-refractivity contribution is 0.354. The zero-order valence-corrected chi connectivity index (χ0v) is 17.0. The summed E-state index contributed by atoms with van der Waals surface area (Å²) in [7, 11) is 3.17. The molecule has 0 aliphatic carbocycles. The molecule has 0 spiro atoms. The second-order valence-corrected chi connectivity index (χ2v) is 6.89. The van der Waals surface area contributed by atoms with E-state index in [9.17, 15) is 4.39 Å². The lowest BCUT2D eigenvalue weighted by Crippen LogP contribution is -2.19. The fraction of sp³-hybridized carbons (Fsp3) is 0.286. The number of nitrogens with one attached hydrogen (secondary N) is 1. The molecule has 0 amide bonds. The fourth-order valence-corrected chi connectivity index (χ4v) is 3.34. The van der Waals surface area contributed by atoms with E-state index in [4.69, 9.17) is 21.1 Å². The Morgan fingerprint density at radius 3 is 2.57 bits per heavy atom. The van der Waals surface area contributed by atoms with Crippen molar-refractivity contribution in [1.29, 1.82) is 0 Å². The van der Waals surface area contributed by atoms with Crippen molar-refractivity contribution in [3.63, 3.8) is 0 Å². The minimum Gasteiger partial charge on any atom is -0.493 e. The Hall–Kier alpha value is -2.57. The van der Waals surface area contributed by atoms with Gasteiger partial charge in [0.2, 0.25) is 0 Å². The maximum atomic E-state index is 13.5. The maximum absolute atomic E-state index is 13.5. The molecule has 1 N–H and O–H groups in total. The second-order valence-electron chi connectivity index (χ2n) is 6.48. The number of hydrogen-bond donors (Lipinski definition) is 1. The number of nitrogens with zero attached hydrogens (tertiary/aromatic N) is 2. The van der Waals surface area contributed by atoms with Crippen molar-refractivity contribution < 1.29 is 13.9 Å². The molecule has 5 nitrogen and oxygen atoms in total. The van der Waals surface area contributed by atoms with Crippen LogP contribution in [0.25, 0.3) is 5.69 Å². The molecule has 0 unspecified atom stereocenters. The van der Waals surface area contributed by atoms with E-state index in [0.717, 1.165) is 16.8 Å². The highest BCUT2D eigenvalue weighted by Crippen LogP contribution is 2.33. The van der Waals surface area contributed by atoms with Gasteiger partial charge in [-0.05, 0) is 43.7 Å². The van der Waals surface area contributed by atoms with E-state index in [1.54, 1.807) is 37.2 Å². The van der Waals surface area contributed by atoms with Crippen LogP contribution < -0.4 is 14.8 Å². The van der Waals surface area contributed by atoms with Crippen LogP contribution in [0.2, 0.25) is 5.02 Å². The highest BCUT2D eigenvalue weighted by molar-refractivity contribution is 6.31. The van der Waals surface area contributed by atoms with Gasteiger partial charge in [0.05, 0.1) is 26.1 Å². The molecule has 0 fully saturated rings. The van der Waals surface area contributed by atoms with Crippen LogP contribution in [0.5, 0.6) is 11.5 Å². The van der Waals surface area contributed by atoms with Crippen molar-refractivity contribution >= 4 is 11.6 Å². The summed E-state index contributed by atoms with van der Waals surface area (Å²) in [6.07, 6.45) is 1.80. The molecular weight excluding hydrogens is 381 g/mol. The molecule has 148 valence electrons. The van der Waals surface area contributed by atoms with Crippen LogP contribution in [-0.2, 0) is 6.54 Å². The predicted molar refractivity (Wildman–Crippen MR) is 108 cm³/mol. The van der Waals surface area contributed by atoms with Crippen molar-refractivity contribution in [2.75, 3.05) is 14.2 Å². The quantitative estimate of drug-likeness (QED) is 0.613. The number of hydrogen-bond acceptors (Lipinski definition) is 4. The monoisotopic (exact) mass is 403 g/mol. The van der Waals surface area contributed by atoms with Gasteiger partial charge in [0.1, 0.15) is 5.82 Å². The van der Waals surface area contributed by atoms with E-state index in [0.29, 0.717) is 28.8 Å². The molecule has 1 aromatic heterocycles. The Bertz CT molecular complexity index is 974. The molecule has 1 atom stereocenters. The van der Waals surface area contributed by atoms with E-state index >= 15 is 0 Å². The first-order valence-electron chi connectivity index (χ1n) is 8.88. The minimum atomic E-state index is -0.289. The summed E-state index contributed by atoms with van der Waals surface area (Å²) in [5.74, 6) is 0.936. The van der Waals surface area contributed by atoms with E-state index in [-0.39, 0.29) is 11.9 Å². The lowest BCUT2D eigenvalue weighted by Gasteiger charge is -2.16. The van der Waals surface area contributed by atoms with E-state index in [2.05, 4.69) is 17.3 Å². The van der Waals surface area contributed by atoms with Gasteiger partial charge in [-0.15, -0.1) is 0 Å². The topological polar surface area (TPSA) is 48.3 Å². The number of halogens is 2. The third kappa shape index (κ3) is 4.13. The predicted octanol–water partition coefficient (Wildman–Crippen LogP) is 4.84. The molecule has 0 aliphatic rings. The SMILES string of the molecule is COc1cc(Cl)c(CN[C@H](C)c2cnn(-c3cccc(F)c3)c2C)cc1OC. The summed E-state index contributed by atoms with van der Waals surface area (Å²) in [5, 5.41) is 8.47. The van der Waals surface area contributed by atoms with Gasteiger partial charge in [-0.1, -0.05) is 17.7 Å². The number of benzene rings is 2. The molecule has 0 saturated heterocycles. The standard InChI is InChI=1S/C21H23ClFN3O2/c1-13(24-11-15-8-20(27-3)21(28-4)10-19(15)22)18-12-25-26(14(18)2)17-7-5-6-16(23)9-17/h5-10,12-13,24H,11H2,1-4H3/t13-/m1/s1. The molecular formula is C21H23ClFN3O2. The molecule has 28 heavy (non-hydrogen) atoms. The fourth-order valence-electron chi connectivity index (χ4n) is 3.12. The Morgan fingerprint density at radius 1 is 1.18 bits per heavy atom. The van der Waals surface area contributed by atoms with E-state index in [1.807, 2.05) is 19.1 Å². The van der Waals surface area contributed by atoms with Gasteiger partial charge < -0.3 is 14.8 Å². The Labute approximate surface area is 169 Å². The third-order valence-electron chi connectivity index (χ3n) is 4.72. The largest absolute Gasteiger partial charge is 0.493 e. The van der Waals surface area contributed by atoms with Gasteiger partial charge in [-0.3, -0.25) is 0 Å². The number of rotatable bonds is 7. The summed E-state index contributed by atoms with van der Waals surface area (Å²) in [5.41, 5.74) is 3.57. The summed E-state index contributed by atoms with van der Waals surface area (Å²) in [4.78, 5) is 0. The van der Waals surface area contributed by atoms with Crippen LogP contribution >= 0.6 is 11.6 Å². The zero-order valence-electron chi connectivity index (χ0n) is 16.3. The molecule has 7 heteroatoms. The van der Waals surface area contributed by atoms with Crippen molar-refractivity contribution in [1.82, 2.24) is 15.1 Å². The molecule has 0 saturated carbocycles. The Kier molecular flexibility index (Phi) is 6.21. The van der Waals surface area contributed by atoms with Crippen molar-refractivity contribution in [2.45, 2.75) is 26.4 Å². The van der Waals surface area contributed by atoms with Gasteiger partial charge >= 0.3 is 0 Å². The van der Waals surface area contributed by atoms with Crippen LogP contribution in [0.1, 0.15) is 29.8 Å². The van der Waals surface area contributed by atoms with Crippen LogP contribution in [0, 0.1) is 12.7 Å². The number of aromatic nitrogens is 2. The highest BCUT2D eigenvalue weighted by Gasteiger charge is 2.16. The van der Waals surface area contributed by atoms with Gasteiger partial charge in [0, 0.05) is 34.9 Å². The maximum Gasteiger partial charge on any atom is 0.162 e. The molecule has 1 heterocycles. The van der Waals surface area contributed by atoms with Crippen LogP contribution in [-0.4, -0.2) is 24.0 Å². The van der Waals surface area contributed by atoms with E-state index in [1.165, 1.54) is 12.1 Å². The first kappa shape index (κ1) is 20.2. The lowest BCUT2D eigenvalue weighted by atomic mass is 10.1. The van der Waals surface area contributed by atoms with E-state index < -0.39 is 0 Å². The molecule has 0 bridgehead atoms. The molecule has 3 aromatic rings. The van der Waals surface area contributed by atoms with Gasteiger partial charge in [0.25, 0.3) is 0 Å². The minimum absolute atomic E-state index is 0.0199. The summed E-state index contributed by atoms with van der Waals surface area (Å²) in [6, 6.07) is 10.0. The normalized spacial score (nSPS) is 12.1. The van der Waals surface area contributed by atoms with Crippen LogP contribution in [0.15, 0.2) is 42.6 Å². The number of ether oxygens (including phenoxy) is 2. The van der Waals surface area contributed by atoms with Crippen molar-refractivity contribution in [3.8, 4) is 17.2 Å². The van der Waals surface area contributed by atoms with Crippen LogP contribution in [0.3, 0.4) is 0 Å². The molecule has 0 radical (unpaired) electrons.